The van der Waals surface area contributed by atoms with Crippen LogP contribution in [0, 0.1) is 5.92 Å². The van der Waals surface area contributed by atoms with Crippen molar-refractivity contribution in [3.05, 3.63) is 77.9 Å². The zero-order valence-corrected chi connectivity index (χ0v) is 12.2. The largest absolute Gasteiger partial charge is 0.399 e. The molecule has 2 heteroatoms. The summed E-state index contributed by atoms with van der Waals surface area (Å²) in [5.41, 5.74) is 17.7. The van der Waals surface area contributed by atoms with Gasteiger partial charge in [-0.15, -0.1) is 0 Å². The van der Waals surface area contributed by atoms with Gasteiger partial charge in [0.2, 0.25) is 0 Å². The first-order valence-corrected chi connectivity index (χ1v) is 7.25. The van der Waals surface area contributed by atoms with E-state index >= 15 is 0 Å². The lowest BCUT2D eigenvalue weighted by Gasteiger charge is -2.26. The van der Waals surface area contributed by atoms with E-state index in [0.717, 1.165) is 5.69 Å². The van der Waals surface area contributed by atoms with Gasteiger partial charge in [-0.3, -0.25) is 0 Å². The highest BCUT2D eigenvalue weighted by Crippen LogP contribution is 2.33. The summed E-state index contributed by atoms with van der Waals surface area (Å²) in [7, 11) is 0. The summed E-state index contributed by atoms with van der Waals surface area (Å²) in [6.07, 6.45) is 4.44. The van der Waals surface area contributed by atoms with E-state index in [1.54, 1.807) is 0 Å². The first-order chi connectivity index (χ1) is 10.1. The highest BCUT2D eigenvalue weighted by molar-refractivity contribution is 5.88. The minimum absolute atomic E-state index is 0.0323. The molecule has 0 spiro atoms. The van der Waals surface area contributed by atoms with E-state index in [0.29, 0.717) is 5.92 Å². The third-order valence-electron chi connectivity index (χ3n) is 4.03. The first kappa shape index (κ1) is 13.7. The molecule has 0 amide bonds. The molecule has 0 aromatic heterocycles. The van der Waals surface area contributed by atoms with Crippen molar-refractivity contribution >= 4 is 16.8 Å². The van der Waals surface area contributed by atoms with Gasteiger partial charge in [-0.2, -0.15) is 0 Å². The Balaban J connectivity index is 2.04. The molecule has 0 saturated heterocycles. The maximum atomic E-state index is 6.39. The van der Waals surface area contributed by atoms with E-state index < -0.39 is 0 Å². The monoisotopic (exact) mass is 276 g/mol. The van der Waals surface area contributed by atoms with Crippen LogP contribution in [0.4, 0.5) is 5.69 Å². The van der Waals surface area contributed by atoms with Gasteiger partial charge in [-0.25, -0.2) is 0 Å². The molecule has 0 bridgehead atoms. The standard InChI is InChI=1S/C19H20N2/c1-13-11-16(14-7-9-17(20)10-8-14)12-18(19(13)21)15-5-3-2-4-6-15/h2-13,19H,20-21H2,1H3. The van der Waals surface area contributed by atoms with E-state index in [4.69, 9.17) is 11.5 Å². The molecule has 2 nitrogen and oxygen atoms in total. The molecule has 3 rings (SSSR count). The van der Waals surface area contributed by atoms with Crippen LogP contribution in [0.2, 0.25) is 0 Å². The molecular formula is C19H20N2. The predicted molar refractivity (Wildman–Crippen MR) is 90.4 cm³/mol. The summed E-state index contributed by atoms with van der Waals surface area (Å²) in [5, 5.41) is 0. The number of nitrogens with two attached hydrogens (primary N) is 2. The quantitative estimate of drug-likeness (QED) is 0.821. The second-order valence-corrected chi connectivity index (χ2v) is 5.59. The molecule has 0 heterocycles. The van der Waals surface area contributed by atoms with E-state index in [9.17, 15) is 0 Å². The van der Waals surface area contributed by atoms with Gasteiger partial charge < -0.3 is 11.5 Å². The summed E-state index contributed by atoms with van der Waals surface area (Å²) in [6, 6.07) is 18.4. The zero-order chi connectivity index (χ0) is 14.8. The lowest BCUT2D eigenvalue weighted by atomic mass is 9.82. The van der Waals surface area contributed by atoms with Crippen molar-refractivity contribution in [2.45, 2.75) is 13.0 Å². The summed E-state index contributed by atoms with van der Waals surface area (Å²) in [5.74, 6) is 0.303. The van der Waals surface area contributed by atoms with Crippen molar-refractivity contribution in [1.29, 1.82) is 0 Å². The Morgan fingerprint density at radius 1 is 0.857 bits per heavy atom. The Bertz CT molecular complexity index is 681. The molecule has 106 valence electrons. The van der Waals surface area contributed by atoms with Crippen LogP contribution in [-0.4, -0.2) is 6.04 Å². The SMILES string of the molecule is CC1C=C(c2ccc(N)cc2)C=C(c2ccccc2)C1N. The Labute approximate surface area is 125 Å². The average molecular weight is 276 g/mol. The van der Waals surface area contributed by atoms with Crippen molar-refractivity contribution in [2.24, 2.45) is 11.7 Å². The van der Waals surface area contributed by atoms with Crippen LogP contribution >= 0.6 is 0 Å². The van der Waals surface area contributed by atoms with Gasteiger partial charge in [0, 0.05) is 11.7 Å². The van der Waals surface area contributed by atoms with Crippen LogP contribution in [0.5, 0.6) is 0 Å². The molecule has 0 saturated carbocycles. The van der Waals surface area contributed by atoms with Crippen molar-refractivity contribution in [3.8, 4) is 0 Å². The van der Waals surface area contributed by atoms with Gasteiger partial charge in [0.05, 0.1) is 0 Å². The van der Waals surface area contributed by atoms with Gasteiger partial charge in [0.1, 0.15) is 0 Å². The third kappa shape index (κ3) is 2.76. The third-order valence-corrected chi connectivity index (χ3v) is 4.03. The molecule has 0 aliphatic heterocycles. The van der Waals surface area contributed by atoms with Crippen LogP contribution in [0.15, 0.2) is 66.7 Å². The topological polar surface area (TPSA) is 52.0 Å². The molecule has 21 heavy (non-hydrogen) atoms. The second kappa shape index (κ2) is 5.58. The number of hydrogen-bond donors (Lipinski definition) is 2. The van der Waals surface area contributed by atoms with E-state index in [2.05, 4.69) is 55.5 Å². The molecule has 0 radical (unpaired) electrons. The fourth-order valence-electron chi connectivity index (χ4n) is 2.74. The summed E-state index contributed by atoms with van der Waals surface area (Å²) in [6.45, 7) is 2.16. The van der Waals surface area contributed by atoms with Crippen molar-refractivity contribution in [1.82, 2.24) is 0 Å². The zero-order valence-electron chi connectivity index (χ0n) is 12.2. The van der Waals surface area contributed by atoms with Crippen molar-refractivity contribution < 1.29 is 0 Å². The number of allylic oxidation sites excluding steroid dienone is 2. The van der Waals surface area contributed by atoms with Crippen molar-refractivity contribution in [2.75, 3.05) is 5.73 Å². The van der Waals surface area contributed by atoms with Crippen LogP contribution in [0.3, 0.4) is 0 Å². The fraction of sp³-hybridized carbons (Fsp3) is 0.158. The normalized spacial score (nSPS) is 21.6. The molecule has 1 aliphatic carbocycles. The highest BCUT2D eigenvalue weighted by atomic mass is 14.7. The highest BCUT2D eigenvalue weighted by Gasteiger charge is 2.22. The second-order valence-electron chi connectivity index (χ2n) is 5.59. The maximum absolute atomic E-state index is 6.39. The Morgan fingerprint density at radius 3 is 2.19 bits per heavy atom. The molecule has 4 N–H and O–H groups in total. The number of anilines is 1. The summed E-state index contributed by atoms with van der Waals surface area (Å²) >= 11 is 0. The Morgan fingerprint density at radius 2 is 1.52 bits per heavy atom. The van der Waals surface area contributed by atoms with Gasteiger partial charge in [-0.1, -0.05) is 55.5 Å². The molecular weight excluding hydrogens is 256 g/mol. The van der Waals surface area contributed by atoms with Gasteiger partial charge in [-0.05, 0) is 46.4 Å². The summed E-state index contributed by atoms with van der Waals surface area (Å²) in [4.78, 5) is 0. The van der Waals surface area contributed by atoms with E-state index in [1.807, 2.05) is 18.2 Å². The smallest absolute Gasteiger partial charge is 0.0362 e. The van der Waals surface area contributed by atoms with E-state index in [1.165, 1.54) is 22.3 Å². The van der Waals surface area contributed by atoms with Gasteiger partial charge >= 0.3 is 0 Å². The molecule has 0 fully saturated rings. The predicted octanol–water partition coefficient (Wildman–Crippen LogP) is 3.71. The minimum Gasteiger partial charge on any atom is -0.399 e. The van der Waals surface area contributed by atoms with Crippen LogP contribution in [-0.2, 0) is 0 Å². The number of nitrogen functional groups attached to an aromatic ring is 1. The van der Waals surface area contributed by atoms with Crippen molar-refractivity contribution in [3.63, 3.8) is 0 Å². The summed E-state index contributed by atoms with van der Waals surface area (Å²) < 4.78 is 0. The number of benzene rings is 2. The van der Waals surface area contributed by atoms with Crippen LogP contribution in [0.1, 0.15) is 18.1 Å². The molecule has 2 aromatic carbocycles. The number of rotatable bonds is 2. The maximum Gasteiger partial charge on any atom is 0.0362 e. The van der Waals surface area contributed by atoms with Crippen LogP contribution < -0.4 is 11.5 Å². The van der Waals surface area contributed by atoms with Gasteiger partial charge in [0.25, 0.3) is 0 Å². The fourth-order valence-corrected chi connectivity index (χ4v) is 2.74. The Kier molecular flexibility index (Phi) is 3.63. The lowest BCUT2D eigenvalue weighted by molar-refractivity contribution is 0.641. The average Bonchev–Trinajstić information content (AvgIpc) is 2.51. The van der Waals surface area contributed by atoms with Gasteiger partial charge in [0.15, 0.2) is 0 Å². The molecule has 2 aromatic rings. The Hall–Kier alpha value is -2.32. The minimum atomic E-state index is 0.0323. The van der Waals surface area contributed by atoms with Crippen LogP contribution in [0.25, 0.3) is 11.1 Å². The lowest BCUT2D eigenvalue weighted by Crippen LogP contribution is -2.30. The molecule has 2 unspecified atom stereocenters. The molecule has 1 aliphatic rings. The number of hydrogen-bond acceptors (Lipinski definition) is 2. The van der Waals surface area contributed by atoms with E-state index in [-0.39, 0.29) is 6.04 Å². The molecule has 2 atom stereocenters. The first-order valence-electron chi connectivity index (χ1n) is 7.25.